The molecule has 1 atom stereocenters. The van der Waals surface area contributed by atoms with Gasteiger partial charge in [-0.1, -0.05) is 12.1 Å². The van der Waals surface area contributed by atoms with Gasteiger partial charge >= 0.3 is 5.97 Å². The summed E-state index contributed by atoms with van der Waals surface area (Å²) >= 11 is 0. The molecule has 0 radical (unpaired) electrons. The van der Waals surface area contributed by atoms with Crippen molar-refractivity contribution in [2.24, 2.45) is 5.73 Å². The molecule has 1 aromatic rings. The number of benzene rings is 1. The summed E-state index contributed by atoms with van der Waals surface area (Å²) in [6.45, 7) is 2.22. The Kier molecular flexibility index (Phi) is 6.38. The van der Waals surface area contributed by atoms with E-state index in [0.29, 0.717) is 12.4 Å². The predicted octanol–water partition coefficient (Wildman–Crippen LogP) is 1.39. The molecule has 0 spiro atoms. The Labute approximate surface area is 106 Å². The molecule has 6 heteroatoms. The van der Waals surface area contributed by atoms with E-state index in [1.165, 1.54) is 7.11 Å². The van der Waals surface area contributed by atoms with Crippen LogP contribution in [-0.4, -0.2) is 24.8 Å². The van der Waals surface area contributed by atoms with Gasteiger partial charge in [-0.2, -0.15) is 0 Å². The predicted molar refractivity (Wildman–Crippen MR) is 65.5 cm³/mol. The van der Waals surface area contributed by atoms with E-state index >= 15 is 0 Å². The molecule has 0 aromatic heterocycles. The lowest BCUT2D eigenvalue weighted by molar-refractivity contribution is -0.142. The van der Waals surface area contributed by atoms with Gasteiger partial charge in [0.15, 0.2) is 11.5 Å². The molecule has 0 aliphatic heterocycles. The molecule has 0 aliphatic carbocycles. The Morgan fingerprint density at radius 1 is 1.53 bits per heavy atom. The van der Waals surface area contributed by atoms with Crippen molar-refractivity contribution < 1.29 is 19.4 Å². The zero-order valence-electron chi connectivity index (χ0n) is 9.67. The Bertz CT molecular complexity index is 384. The molecule has 0 unspecified atom stereocenters. The SMILES string of the molecule is CCOc1cccc([C@H](N)C(=O)OC)c1O.Cl. The number of carbonyl (C=O) groups is 1. The number of hydrogen-bond acceptors (Lipinski definition) is 5. The molecular weight excluding hydrogens is 246 g/mol. The molecule has 0 fully saturated rings. The van der Waals surface area contributed by atoms with Gasteiger partial charge in [-0.3, -0.25) is 4.79 Å². The topological polar surface area (TPSA) is 81.8 Å². The van der Waals surface area contributed by atoms with Gasteiger partial charge in [0, 0.05) is 5.56 Å². The van der Waals surface area contributed by atoms with Crippen LogP contribution in [0.3, 0.4) is 0 Å². The quantitative estimate of drug-likeness (QED) is 0.801. The van der Waals surface area contributed by atoms with Gasteiger partial charge in [0.2, 0.25) is 0 Å². The molecule has 0 heterocycles. The fourth-order valence-electron chi connectivity index (χ4n) is 1.32. The van der Waals surface area contributed by atoms with E-state index in [1.807, 2.05) is 0 Å². The first-order valence-electron chi connectivity index (χ1n) is 4.89. The standard InChI is InChI=1S/C11H15NO4.ClH/c1-3-16-8-6-4-5-7(10(8)13)9(12)11(14)15-2;/h4-6,9,13H,3,12H2,1-2H3;1H/t9-;/m0./s1. The summed E-state index contributed by atoms with van der Waals surface area (Å²) in [5.41, 5.74) is 5.91. The maximum atomic E-state index is 11.2. The van der Waals surface area contributed by atoms with Crippen LogP contribution in [0.5, 0.6) is 11.5 Å². The largest absolute Gasteiger partial charge is 0.504 e. The first kappa shape index (κ1) is 15.5. The number of rotatable bonds is 4. The van der Waals surface area contributed by atoms with Gasteiger partial charge in [0.1, 0.15) is 6.04 Å². The van der Waals surface area contributed by atoms with E-state index in [4.69, 9.17) is 10.5 Å². The summed E-state index contributed by atoms with van der Waals surface area (Å²) < 4.78 is 9.69. The molecule has 0 bridgehead atoms. The monoisotopic (exact) mass is 261 g/mol. The zero-order chi connectivity index (χ0) is 12.1. The Morgan fingerprint density at radius 2 is 2.18 bits per heavy atom. The van der Waals surface area contributed by atoms with Crippen molar-refractivity contribution in [2.75, 3.05) is 13.7 Å². The highest BCUT2D eigenvalue weighted by atomic mass is 35.5. The Balaban J connectivity index is 0.00000256. The van der Waals surface area contributed by atoms with E-state index in [2.05, 4.69) is 4.74 Å². The third kappa shape index (κ3) is 3.51. The number of methoxy groups -OCH3 is 1. The average Bonchev–Trinajstić information content (AvgIpc) is 2.30. The highest BCUT2D eigenvalue weighted by Gasteiger charge is 2.21. The Morgan fingerprint density at radius 3 is 2.71 bits per heavy atom. The summed E-state index contributed by atoms with van der Waals surface area (Å²) in [5.74, 6) is -0.425. The molecule has 17 heavy (non-hydrogen) atoms. The van der Waals surface area contributed by atoms with Crippen molar-refractivity contribution in [3.8, 4) is 11.5 Å². The van der Waals surface area contributed by atoms with Gasteiger partial charge in [-0.25, -0.2) is 0 Å². The summed E-state index contributed by atoms with van der Waals surface area (Å²) in [5, 5.41) is 9.82. The number of para-hydroxylation sites is 1. The van der Waals surface area contributed by atoms with Crippen molar-refractivity contribution in [3.05, 3.63) is 23.8 Å². The van der Waals surface area contributed by atoms with Gasteiger partial charge in [0.25, 0.3) is 0 Å². The van der Waals surface area contributed by atoms with Crippen LogP contribution in [-0.2, 0) is 9.53 Å². The summed E-state index contributed by atoms with van der Waals surface area (Å²) in [7, 11) is 1.24. The molecule has 0 saturated carbocycles. The molecule has 1 rings (SSSR count). The van der Waals surface area contributed by atoms with Crippen molar-refractivity contribution in [1.29, 1.82) is 0 Å². The number of halogens is 1. The van der Waals surface area contributed by atoms with E-state index in [-0.39, 0.29) is 23.7 Å². The van der Waals surface area contributed by atoms with Crippen LogP contribution in [0.1, 0.15) is 18.5 Å². The van der Waals surface area contributed by atoms with E-state index < -0.39 is 12.0 Å². The van der Waals surface area contributed by atoms with Gasteiger partial charge in [-0.05, 0) is 13.0 Å². The van der Waals surface area contributed by atoms with Crippen LogP contribution in [0.15, 0.2) is 18.2 Å². The second-order valence-corrected chi connectivity index (χ2v) is 3.13. The summed E-state index contributed by atoms with van der Waals surface area (Å²) in [6.07, 6.45) is 0. The van der Waals surface area contributed by atoms with Crippen molar-refractivity contribution >= 4 is 18.4 Å². The zero-order valence-corrected chi connectivity index (χ0v) is 10.5. The van der Waals surface area contributed by atoms with Gasteiger partial charge in [0.05, 0.1) is 13.7 Å². The van der Waals surface area contributed by atoms with Crippen LogP contribution < -0.4 is 10.5 Å². The molecule has 5 nitrogen and oxygen atoms in total. The number of phenols is 1. The second kappa shape index (κ2) is 6.98. The number of aromatic hydroxyl groups is 1. The van der Waals surface area contributed by atoms with Crippen molar-refractivity contribution in [1.82, 2.24) is 0 Å². The molecule has 3 N–H and O–H groups in total. The normalized spacial score (nSPS) is 11.2. The number of phenolic OH excluding ortho intramolecular Hbond substituents is 1. The molecular formula is C11H16ClNO4. The van der Waals surface area contributed by atoms with Crippen LogP contribution in [0.25, 0.3) is 0 Å². The van der Waals surface area contributed by atoms with Gasteiger partial charge < -0.3 is 20.3 Å². The lowest BCUT2D eigenvalue weighted by Gasteiger charge is -2.13. The molecule has 0 aliphatic rings. The first-order chi connectivity index (χ1) is 7.61. The maximum absolute atomic E-state index is 11.2. The third-order valence-electron chi connectivity index (χ3n) is 2.12. The van der Waals surface area contributed by atoms with Crippen LogP contribution in [0.4, 0.5) is 0 Å². The number of carbonyl (C=O) groups excluding carboxylic acids is 1. The minimum absolute atomic E-state index is 0. The molecule has 0 amide bonds. The van der Waals surface area contributed by atoms with Crippen LogP contribution >= 0.6 is 12.4 Å². The fraction of sp³-hybridized carbons (Fsp3) is 0.364. The molecule has 0 saturated heterocycles. The minimum Gasteiger partial charge on any atom is -0.504 e. The van der Waals surface area contributed by atoms with Crippen molar-refractivity contribution in [3.63, 3.8) is 0 Å². The minimum atomic E-state index is -1.01. The third-order valence-corrected chi connectivity index (χ3v) is 2.12. The van der Waals surface area contributed by atoms with Crippen LogP contribution in [0, 0.1) is 0 Å². The van der Waals surface area contributed by atoms with Crippen molar-refractivity contribution in [2.45, 2.75) is 13.0 Å². The second-order valence-electron chi connectivity index (χ2n) is 3.13. The summed E-state index contributed by atoms with van der Waals surface area (Å²) in [6, 6.07) is 3.81. The van der Waals surface area contributed by atoms with Crippen LogP contribution in [0.2, 0.25) is 0 Å². The lowest BCUT2D eigenvalue weighted by atomic mass is 10.1. The smallest absolute Gasteiger partial charge is 0.327 e. The highest BCUT2D eigenvalue weighted by molar-refractivity contribution is 5.85. The number of ether oxygens (including phenoxy) is 2. The number of nitrogens with two attached hydrogens (primary N) is 1. The summed E-state index contributed by atoms with van der Waals surface area (Å²) in [4.78, 5) is 11.2. The van der Waals surface area contributed by atoms with E-state index in [9.17, 15) is 9.90 Å². The maximum Gasteiger partial charge on any atom is 0.327 e. The first-order valence-corrected chi connectivity index (χ1v) is 4.89. The highest BCUT2D eigenvalue weighted by Crippen LogP contribution is 2.33. The average molecular weight is 262 g/mol. The fourth-order valence-corrected chi connectivity index (χ4v) is 1.32. The lowest BCUT2D eigenvalue weighted by Crippen LogP contribution is -2.22. The van der Waals surface area contributed by atoms with E-state index in [1.54, 1.807) is 25.1 Å². The Hall–Kier alpha value is -1.46. The molecule has 1 aromatic carbocycles. The number of esters is 1. The molecule has 96 valence electrons. The van der Waals surface area contributed by atoms with Gasteiger partial charge in [-0.15, -0.1) is 12.4 Å². The number of hydrogen-bond donors (Lipinski definition) is 2. The van der Waals surface area contributed by atoms with E-state index in [0.717, 1.165) is 0 Å².